The van der Waals surface area contributed by atoms with Crippen molar-refractivity contribution in [1.82, 2.24) is 4.98 Å². The monoisotopic (exact) mass is 296 g/mol. The molecule has 0 saturated heterocycles. The van der Waals surface area contributed by atoms with Crippen molar-refractivity contribution < 1.29 is 23.1 Å². The largest absolute Gasteiger partial charge is 0.478 e. The van der Waals surface area contributed by atoms with Gasteiger partial charge in [0.25, 0.3) is 0 Å². The molecule has 1 aromatic heterocycles. The number of anilines is 2. The van der Waals surface area contributed by atoms with Crippen LogP contribution in [0.5, 0.6) is 0 Å². The van der Waals surface area contributed by atoms with E-state index < -0.39 is 17.7 Å². The number of nitrogens with zero attached hydrogens (tertiary/aromatic N) is 1. The molecule has 0 saturated carbocycles. The lowest BCUT2D eigenvalue weighted by atomic mass is 10.2. The van der Waals surface area contributed by atoms with E-state index in [4.69, 9.17) is 5.11 Å². The summed E-state index contributed by atoms with van der Waals surface area (Å²) in [5, 5.41) is 11.7. The van der Waals surface area contributed by atoms with E-state index in [0.29, 0.717) is 17.2 Å². The molecule has 21 heavy (non-hydrogen) atoms. The highest BCUT2D eigenvalue weighted by molar-refractivity contribution is 5.89. The molecular weight excluding hydrogens is 285 g/mol. The Hall–Kier alpha value is -2.57. The summed E-state index contributed by atoms with van der Waals surface area (Å²) in [5.74, 6) is -0.724. The molecule has 0 fully saturated rings. The molecule has 110 valence electrons. The molecule has 0 unspecified atom stereocenters. The van der Waals surface area contributed by atoms with Gasteiger partial charge in [-0.25, -0.2) is 9.78 Å². The Labute approximate surface area is 118 Å². The van der Waals surface area contributed by atoms with E-state index in [1.54, 1.807) is 6.92 Å². The quantitative estimate of drug-likeness (QED) is 0.903. The first-order chi connectivity index (χ1) is 9.77. The molecule has 2 rings (SSSR count). The van der Waals surface area contributed by atoms with Crippen LogP contribution in [0.4, 0.5) is 24.7 Å². The van der Waals surface area contributed by atoms with Gasteiger partial charge in [0.05, 0.1) is 16.8 Å². The number of benzene rings is 1. The van der Waals surface area contributed by atoms with Crippen molar-refractivity contribution in [2.45, 2.75) is 13.1 Å². The van der Waals surface area contributed by atoms with E-state index in [2.05, 4.69) is 10.3 Å². The first-order valence-electron chi connectivity index (χ1n) is 5.92. The summed E-state index contributed by atoms with van der Waals surface area (Å²) in [6, 6.07) is 7.32. The molecule has 0 atom stereocenters. The SMILES string of the molecule is Cc1nc(Nc2ccc(C(F)(F)F)cc2)ccc1C(=O)O. The number of carboxylic acids is 1. The highest BCUT2D eigenvalue weighted by atomic mass is 19.4. The van der Waals surface area contributed by atoms with E-state index in [1.807, 2.05) is 0 Å². The smallest absolute Gasteiger partial charge is 0.416 e. The summed E-state index contributed by atoms with van der Waals surface area (Å²) < 4.78 is 37.3. The molecule has 4 nitrogen and oxygen atoms in total. The second-order valence-corrected chi connectivity index (χ2v) is 4.33. The van der Waals surface area contributed by atoms with Gasteiger partial charge >= 0.3 is 12.1 Å². The Bertz CT molecular complexity index is 667. The van der Waals surface area contributed by atoms with E-state index >= 15 is 0 Å². The van der Waals surface area contributed by atoms with Crippen LogP contribution in [0, 0.1) is 6.92 Å². The zero-order valence-corrected chi connectivity index (χ0v) is 10.9. The van der Waals surface area contributed by atoms with Crippen LogP contribution < -0.4 is 5.32 Å². The average Bonchev–Trinajstić information content (AvgIpc) is 2.38. The lowest BCUT2D eigenvalue weighted by Gasteiger charge is -2.10. The molecule has 0 amide bonds. The minimum absolute atomic E-state index is 0.0768. The molecule has 1 aromatic carbocycles. The number of aryl methyl sites for hydroxylation is 1. The number of pyridine rings is 1. The van der Waals surface area contributed by atoms with Crippen LogP contribution in [0.15, 0.2) is 36.4 Å². The van der Waals surface area contributed by atoms with Gasteiger partial charge in [0, 0.05) is 5.69 Å². The molecule has 0 aliphatic carbocycles. The van der Waals surface area contributed by atoms with Crippen LogP contribution >= 0.6 is 0 Å². The van der Waals surface area contributed by atoms with Crippen molar-refractivity contribution >= 4 is 17.5 Å². The third-order valence-electron chi connectivity index (χ3n) is 2.80. The first-order valence-corrected chi connectivity index (χ1v) is 5.92. The Morgan fingerprint density at radius 1 is 1.14 bits per heavy atom. The molecule has 7 heteroatoms. The van der Waals surface area contributed by atoms with Crippen molar-refractivity contribution in [1.29, 1.82) is 0 Å². The zero-order chi connectivity index (χ0) is 15.6. The molecule has 1 heterocycles. The minimum Gasteiger partial charge on any atom is -0.478 e. The topological polar surface area (TPSA) is 62.2 Å². The molecule has 0 aliphatic heterocycles. The van der Waals surface area contributed by atoms with Crippen LogP contribution in [0.2, 0.25) is 0 Å². The van der Waals surface area contributed by atoms with Crippen LogP contribution in [0.25, 0.3) is 0 Å². The number of nitrogens with one attached hydrogen (secondary N) is 1. The van der Waals surface area contributed by atoms with Gasteiger partial charge in [-0.2, -0.15) is 13.2 Å². The summed E-state index contributed by atoms with van der Waals surface area (Å²) >= 11 is 0. The minimum atomic E-state index is -4.38. The number of aromatic nitrogens is 1. The van der Waals surface area contributed by atoms with E-state index in [0.717, 1.165) is 12.1 Å². The van der Waals surface area contributed by atoms with Gasteiger partial charge < -0.3 is 10.4 Å². The van der Waals surface area contributed by atoms with Crippen LogP contribution in [-0.2, 0) is 6.18 Å². The summed E-state index contributed by atoms with van der Waals surface area (Å²) in [5.41, 5.74) is 0.0868. The molecule has 0 bridgehead atoms. The van der Waals surface area contributed by atoms with E-state index in [9.17, 15) is 18.0 Å². The van der Waals surface area contributed by atoms with E-state index in [-0.39, 0.29) is 5.56 Å². The number of carboxylic acid groups (broad SMARTS) is 1. The van der Waals surface area contributed by atoms with Gasteiger partial charge in [-0.3, -0.25) is 0 Å². The standard InChI is InChI=1S/C14H11F3N2O2/c1-8-11(13(20)21)6-7-12(18-8)19-10-4-2-9(3-5-10)14(15,16)17/h2-7H,1H3,(H,18,19)(H,20,21). The predicted molar refractivity (Wildman–Crippen MR) is 70.7 cm³/mol. The maximum absolute atomic E-state index is 12.4. The van der Waals surface area contributed by atoms with Gasteiger partial charge in [0.15, 0.2) is 0 Å². The molecule has 0 spiro atoms. The van der Waals surface area contributed by atoms with Gasteiger partial charge in [-0.15, -0.1) is 0 Å². The van der Waals surface area contributed by atoms with Crippen molar-refractivity contribution in [2.24, 2.45) is 0 Å². The van der Waals surface area contributed by atoms with E-state index in [1.165, 1.54) is 24.3 Å². The maximum atomic E-state index is 12.4. The van der Waals surface area contributed by atoms with Crippen molar-refractivity contribution in [3.8, 4) is 0 Å². The molecular formula is C14H11F3N2O2. The average molecular weight is 296 g/mol. The Balaban J connectivity index is 2.19. The summed E-state index contributed by atoms with van der Waals surface area (Å²) in [4.78, 5) is 14.9. The third-order valence-corrected chi connectivity index (χ3v) is 2.80. The normalized spacial score (nSPS) is 11.2. The lowest BCUT2D eigenvalue weighted by Crippen LogP contribution is -2.05. The number of hydrogen-bond acceptors (Lipinski definition) is 3. The Morgan fingerprint density at radius 3 is 2.24 bits per heavy atom. The fourth-order valence-electron chi connectivity index (χ4n) is 1.75. The number of alkyl halides is 3. The fourth-order valence-corrected chi connectivity index (χ4v) is 1.75. The second-order valence-electron chi connectivity index (χ2n) is 4.33. The number of carbonyl (C=O) groups is 1. The second kappa shape index (κ2) is 5.43. The van der Waals surface area contributed by atoms with Crippen molar-refractivity contribution in [3.05, 3.63) is 53.2 Å². The molecule has 0 aliphatic rings. The lowest BCUT2D eigenvalue weighted by molar-refractivity contribution is -0.137. The number of hydrogen-bond donors (Lipinski definition) is 2. The summed E-state index contributed by atoms with van der Waals surface area (Å²) in [6.45, 7) is 1.54. The van der Waals surface area contributed by atoms with Crippen LogP contribution in [0.1, 0.15) is 21.6 Å². The highest BCUT2D eigenvalue weighted by Crippen LogP contribution is 2.30. The zero-order valence-electron chi connectivity index (χ0n) is 10.9. The van der Waals surface area contributed by atoms with Gasteiger partial charge in [-0.1, -0.05) is 0 Å². The first kappa shape index (κ1) is 14.8. The number of halogens is 3. The van der Waals surface area contributed by atoms with Gasteiger partial charge in [-0.05, 0) is 43.3 Å². The van der Waals surface area contributed by atoms with Crippen molar-refractivity contribution in [3.63, 3.8) is 0 Å². The Morgan fingerprint density at radius 2 is 1.76 bits per heavy atom. The fraction of sp³-hybridized carbons (Fsp3) is 0.143. The molecule has 2 aromatic rings. The van der Waals surface area contributed by atoms with Gasteiger partial charge in [0.2, 0.25) is 0 Å². The van der Waals surface area contributed by atoms with Gasteiger partial charge in [0.1, 0.15) is 5.82 Å². The number of rotatable bonds is 3. The van der Waals surface area contributed by atoms with Crippen LogP contribution in [-0.4, -0.2) is 16.1 Å². The van der Waals surface area contributed by atoms with Crippen LogP contribution in [0.3, 0.4) is 0 Å². The third kappa shape index (κ3) is 3.50. The van der Waals surface area contributed by atoms with Crippen molar-refractivity contribution in [2.75, 3.05) is 5.32 Å². The number of aromatic carboxylic acids is 1. The summed E-state index contributed by atoms with van der Waals surface area (Å²) in [6.07, 6.45) is -4.38. The molecule has 2 N–H and O–H groups in total. The molecule has 0 radical (unpaired) electrons. The maximum Gasteiger partial charge on any atom is 0.416 e. The Kier molecular flexibility index (Phi) is 3.84. The summed E-state index contributed by atoms with van der Waals surface area (Å²) in [7, 11) is 0. The predicted octanol–water partition coefficient (Wildman–Crippen LogP) is 3.85. The highest BCUT2D eigenvalue weighted by Gasteiger charge is 2.29.